The summed E-state index contributed by atoms with van der Waals surface area (Å²) in [5.74, 6) is -3.53. The van der Waals surface area contributed by atoms with Crippen LogP contribution < -0.4 is 21.7 Å². The van der Waals surface area contributed by atoms with Crippen molar-refractivity contribution in [2.45, 2.75) is 70.1 Å². The van der Waals surface area contributed by atoms with E-state index in [0.717, 1.165) is 0 Å². The molecule has 0 saturated carbocycles. The minimum absolute atomic E-state index is 0.212. The standard InChI is InChI=1S/C20H33N5O7S/c1-11(22-12(2)26)18(30)23-13(6-7-16(27)28)19(31)24-14(8-10-33-3)20(32)25-9-4-5-15(25)17(21)29/h11,13-15H,4-10H2,1-3H3,(H2,21,29)(H,22,26)(H,23,30)(H,24,31)(H,27,28)/t11-,13-,14-,15-/m0/s1. The number of carboxylic acid groups (broad SMARTS) is 1. The highest BCUT2D eigenvalue weighted by molar-refractivity contribution is 7.98. The number of primary amides is 1. The van der Waals surface area contributed by atoms with Crippen molar-refractivity contribution in [2.24, 2.45) is 5.73 Å². The van der Waals surface area contributed by atoms with E-state index >= 15 is 0 Å². The zero-order chi connectivity index (χ0) is 25.1. The van der Waals surface area contributed by atoms with Gasteiger partial charge in [-0.05, 0) is 44.6 Å². The van der Waals surface area contributed by atoms with E-state index in [9.17, 15) is 28.8 Å². The van der Waals surface area contributed by atoms with E-state index in [4.69, 9.17) is 10.8 Å². The SMILES string of the molecule is CSCC[C@H](NC(=O)[C@H](CCC(=O)O)NC(=O)[C@H](C)NC(C)=O)C(=O)N1CCC[C@H]1C(N)=O. The van der Waals surface area contributed by atoms with Crippen LogP contribution >= 0.6 is 11.8 Å². The summed E-state index contributed by atoms with van der Waals surface area (Å²) in [7, 11) is 0. The molecule has 0 aromatic carbocycles. The number of rotatable bonds is 13. The maximum atomic E-state index is 13.1. The van der Waals surface area contributed by atoms with Crippen molar-refractivity contribution in [2.75, 3.05) is 18.6 Å². The Balaban J connectivity index is 2.99. The zero-order valence-corrected chi connectivity index (χ0v) is 19.9. The highest BCUT2D eigenvalue weighted by Crippen LogP contribution is 2.19. The lowest BCUT2D eigenvalue weighted by Crippen LogP contribution is -2.57. The first-order valence-corrected chi connectivity index (χ1v) is 12.1. The van der Waals surface area contributed by atoms with Crippen LogP contribution in [-0.2, 0) is 28.8 Å². The lowest BCUT2D eigenvalue weighted by molar-refractivity contribution is -0.141. The molecule has 0 radical (unpaired) electrons. The normalized spacial score (nSPS) is 18.0. The molecular formula is C20H33N5O7S. The summed E-state index contributed by atoms with van der Waals surface area (Å²) in [6.45, 7) is 2.99. The smallest absolute Gasteiger partial charge is 0.303 e. The maximum Gasteiger partial charge on any atom is 0.303 e. The summed E-state index contributed by atoms with van der Waals surface area (Å²) in [5.41, 5.74) is 5.40. The molecular weight excluding hydrogens is 454 g/mol. The molecule has 0 aromatic heterocycles. The predicted molar refractivity (Wildman–Crippen MR) is 121 cm³/mol. The molecule has 0 aromatic rings. The number of hydrogen-bond donors (Lipinski definition) is 5. The van der Waals surface area contributed by atoms with Crippen LogP contribution in [0, 0.1) is 0 Å². The number of nitrogens with zero attached hydrogens (tertiary/aromatic N) is 1. The molecule has 4 atom stereocenters. The molecule has 1 heterocycles. The van der Waals surface area contributed by atoms with Crippen LogP contribution in [0.25, 0.3) is 0 Å². The van der Waals surface area contributed by atoms with Gasteiger partial charge in [0.2, 0.25) is 29.5 Å². The molecule has 6 N–H and O–H groups in total. The van der Waals surface area contributed by atoms with Crippen molar-refractivity contribution >= 4 is 47.3 Å². The fraction of sp³-hybridized carbons (Fsp3) is 0.700. The Morgan fingerprint density at radius 2 is 1.70 bits per heavy atom. The van der Waals surface area contributed by atoms with Crippen molar-refractivity contribution in [1.29, 1.82) is 0 Å². The highest BCUT2D eigenvalue weighted by atomic mass is 32.2. The number of carboxylic acids is 1. The topological polar surface area (TPSA) is 188 Å². The van der Waals surface area contributed by atoms with E-state index < -0.39 is 66.1 Å². The van der Waals surface area contributed by atoms with Gasteiger partial charge in [0, 0.05) is 19.9 Å². The second-order valence-corrected chi connectivity index (χ2v) is 8.84. The van der Waals surface area contributed by atoms with Gasteiger partial charge in [0.15, 0.2) is 0 Å². The second-order valence-electron chi connectivity index (χ2n) is 7.85. The average molecular weight is 488 g/mol. The first-order valence-electron chi connectivity index (χ1n) is 10.7. The van der Waals surface area contributed by atoms with Gasteiger partial charge in [0.05, 0.1) is 0 Å². The molecule has 33 heavy (non-hydrogen) atoms. The van der Waals surface area contributed by atoms with Crippen molar-refractivity contribution in [1.82, 2.24) is 20.9 Å². The number of likely N-dealkylation sites (tertiary alicyclic amines) is 1. The molecule has 1 rings (SSSR count). The maximum absolute atomic E-state index is 13.1. The van der Waals surface area contributed by atoms with E-state index in [-0.39, 0.29) is 12.8 Å². The third kappa shape index (κ3) is 9.28. The van der Waals surface area contributed by atoms with E-state index in [1.54, 1.807) is 0 Å². The van der Waals surface area contributed by atoms with Crippen LogP contribution in [0.15, 0.2) is 0 Å². The molecule has 0 spiro atoms. The van der Waals surface area contributed by atoms with E-state index in [1.807, 2.05) is 6.26 Å². The fourth-order valence-corrected chi connectivity index (χ4v) is 3.97. The third-order valence-corrected chi connectivity index (χ3v) is 5.83. The van der Waals surface area contributed by atoms with E-state index in [1.165, 1.54) is 30.5 Å². The van der Waals surface area contributed by atoms with Gasteiger partial charge in [-0.3, -0.25) is 28.8 Å². The molecule has 1 saturated heterocycles. The molecule has 12 nitrogen and oxygen atoms in total. The van der Waals surface area contributed by atoms with Gasteiger partial charge < -0.3 is 31.7 Å². The molecule has 5 amide bonds. The Kier molecular flexibility index (Phi) is 11.7. The number of hydrogen-bond acceptors (Lipinski definition) is 7. The Labute approximate surface area is 196 Å². The third-order valence-electron chi connectivity index (χ3n) is 5.18. The molecule has 0 unspecified atom stereocenters. The first-order chi connectivity index (χ1) is 15.5. The fourth-order valence-electron chi connectivity index (χ4n) is 3.50. The van der Waals surface area contributed by atoms with Crippen molar-refractivity contribution < 1.29 is 33.9 Å². The Hall–Kier alpha value is -2.83. The van der Waals surface area contributed by atoms with Gasteiger partial charge in [-0.1, -0.05) is 0 Å². The van der Waals surface area contributed by atoms with Crippen LogP contribution in [-0.4, -0.2) is 88.2 Å². The van der Waals surface area contributed by atoms with Crippen LogP contribution in [0.1, 0.15) is 46.0 Å². The van der Waals surface area contributed by atoms with Gasteiger partial charge in [-0.25, -0.2) is 0 Å². The van der Waals surface area contributed by atoms with E-state index in [0.29, 0.717) is 25.1 Å². The molecule has 1 fully saturated rings. The minimum Gasteiger partial charge on any atom is -0.481 e. The zero-order valence-electron chi connectivity index (χ0n) is 19.1. The van der Waals surface area contributed by atoms with Gasteiger partial charge >= 0.3 is 5.97 Å². The molecule has 1 aliphatic heterocycles. The largest absolute Gasteiger partial charge is 0.481 e. The summed E-state index contributed by atoms with van der Waals surface area (Å²) in [6, 6.07) is -3.90. The molecule has 186 valence electrons. The monoisotopic (exact) mass is 487 g/mol. The summed E-state index contributed by atoms with van der Waals surface area (Å²) < 4.78 is 0. The molecule has 0 aliphatic carbocycles. The molecule has 0 bridgehead atoms. The highest BCUT2D eigenvalue weighted by Gasteiger charge is 2.37. The van der Waals surface area contributed by atoms with Gasteiger partial charge in [0.25, 0.3) is 0 Å². The number of carbonyl (C=O) groups excluding carboxylic acids is 5. The number of nitrogens with one attached hydrogen (secondary N) is 3. The summed E-state index contributed by atoms with van der Waals surface area (Å²) in [6.07, 6.45) is 2.56. The predicted octanol–water partition coefficient (Wildman–Crippen LogP) is -1.43. The quantitative estimate of drug-likeness (QED) is 0.209. The van der Waals surface area contributed by atoms with Gasteiger partial charge in [-0.2, -0.15) is 11.8 Å². The number of amides is 5. The van der Waals surface area contributed by atoms with Gasteiger partial charge in [0.1, 0.15) is 24.2 Å². The first kappa shape index (κ1) is 28.2. The average Bonchev–Trinajstić information content (AvgIpc) is 3.22. The van der Waals surface area contributed by atoms with Crippen molar-refractivity contribution in [3.05, 3.63) is 0 Å². The summed E-state index contributed by atoms with van der Waals surface area (Å²) in [4.78, 5) is 73.7. The van der Waals surface area contributed by atoms with Crippen LogP contribution in [0.5, 0.6) is 0 Å². The Bertz CT molecular complexity index is 763. The number of aliphatic carboxylic acids is 1. The van der Waals surface area contributed by atoms with Crippen LogP contribution in [0.4, 0.5) is 0 Å². The number of thioether (sulfide) groups is 1. The van der Waals surface area contributed by atoms with Crippen molar-refractivity contribution in [3.63, 3.8) is 0 Å². The lowest BCUT2D eigenvalue weighted by Gasteiger charge is -2.29. The summed E-state index contributed by atoms with van der Waals surface area (Å²) in [5, 5.41) is 16.4. The molecule has 1 aliphatic rings. The minimum atomic E-state index is -1.24. The number of nitrogens with two attached hydrogens (primary N) is 1. The van der Waals surface area contributed by atoms with Gasteiger partial charge in [-0.15, -0.1) is 0 Å². The van der Waals surface area contributed by atoms with Crippen LogP contribution in [0.3, 0.4) is 0 Å². The lowest BCUT2D eigenvalue weighted by atomic mass is 10.1. The second kappa shape index (κ2) is 13.7. The van der Waals surface area contributed by atoms with Crippen LogP contribution in [0.2, 0.25) is 0 Å². The Morgan fingerprint density at radius 3 is 2.24 bits per heavy atom. The van der Waals surface area contributed by atoms with E-state index in [2.05, 4.69) is 16.0 Å². The molecule has 13 heteroatoms. The van der Waals surface area contributed by atoms with Crippen molar-refractivity contribution in [3.8, 4) is 0 Å². The Morgan fingerprint density at radius 1 is 1.06 bits per heavy atom. The number of carbonyl (C=O) groups is 6. The summed E-state index contributed by atoms with van der Waals surface area (Å²) >= 11 is 1.47.